The minimum atomic E-state index is 0.418. The van der Waals surface area contributed by atoms with Crippen LogP contribution in [0.4, 0.5) is 0 Å². The Morgan fingerprint density at radius 2 is 2.12 bits per heavy atom. The Morgan fingerprint density at radius 1 is 1.38 bits per heavy atom. The van der Waals surface area contributed by atoms with Gasteiger partial charge in [0, 0.05) is 6.04 Å². The van der Waals surface area contributed by atoms with Crippen LogP contribution >= 0.6 is 11.3 Å². The van der Waals surface area contributed by atoms with Crippen molar-refractivity contribution < 1.29 is 0 Å². The summed E-state index contributed by atoms with van der Waals surface area (Å²) in [6.07, 6.45) is 3.71. The number of rotatable bonds is 6. The summed E-state index contributed by atoms with van der Waals surface area (Å²) in [7, 11) is 0. The van der Waals surface area contributed by atoms with Crippen molar-refractivity contribution >= 4 is 11.3 Å². The van der Waals surface area contributed by atoms with Gasteiger partial charge in [0.1, 0.15) is 0 Å². The average Bonchev–Trinajstić information content (AvgIpc) is 2.64. The second-order valence-electron chi connectivity index (χ2n) is 5.69. The molecular formula is C14H25NS. The van der Waals surface area contributed by atoms with Gasteiger partial charge in [-0.05, 0) is 53.6 Å². The lowest BCUT2D eigenvalue weighted by molar-refractivity contribution is 0.301. The Hall–Kier alpha value is -0.340. The first-order valence-corrected chi connectivity index (χ1v) is 7.20. The Balaban J connectivity index is 2.39. The summed E-state index contributed by atoms with van der Waals surface area (Å²) in [4.78, 5) is 0. The van der Waals surface area contributed by atoms with E-state index in [1.54, 1.807) is 11.3 Å². The molecule has 0 aliphatic heterocycles. The van der Waals surface area contributed by atoms with E-state index in [0.29, 0.717) is 11.5 Å². The van der Waals surface area contributed by atoms with Gasteiger partial charge in [-0.2, -0.15) is 11.3 Å². The molecule has 0 fully saturated rings. The highest BCUT2D eigenvalue weighted by Gasteiger charge is 2.17. The highest BCUT2D eigenvalue weighted by molar-refractivity contribution is 7.07. The maximum Gasteiger partial charge on any atom is 0.00750 e. The molecule has 0 saturated heterocycles. The van der Waals surface area contributed by atoms with Crippen molar-refractivity contribution in [1.29, 1.82) is 0 Å². The van der Waals surface area contributed by atoms with Crippen LogP contribution in [-0.2, 0) is 6.42 Å². The van der Waals surface area contributed by atoms with Gasteiger partial charge in [0.15, 0.2) is 0 Å². The zero-order valence-electron chi connectivity index (χ0n) is 11.0. The van der Waals surface area contributed by atoms with Crippen molar-refractivity contribution in [2.75, 3.05) is 6.54 Å². The molecule has 16 heavy (non-hydrogen) atoms. The summed E-state index contributed by atoms with van der Waals surface area (Å²) >= 11 is 1.80. The molecule has 1 unspecified atom stereocenters. The van der Waals surface area contributed by atoms with E-state index in [2.05, 4.69) is 49.8 Å². The quantitative estimate of drug-likeness (QED) is 0.788. The molecule has 1 nitrogen and oxygen atoms in total. The highest BCUT2D eigenvalue weighted by atomic mass is 32.1. The van der Waals surface area contributed by atoms with E-state index >= 15 is 0 Å². The number of hydrogen-bond acceptors (Lipinski definition) is 2. The molecule has 1 aromatic heterocycles. The van der Waals surface area contributed by atoms with Gasteiger partial charge in [-0.15, -0.1) is 0 Å². The van der Waals surface area contributed by atoms with Crippen LogP contribution in [0.1, 0.15) is 46.1 Å². The normalized spacial score (nSPS) is 14.0. The molecule has 0 saturated carbocycles. The summed E-state index contributed by atoms with van der Waals surface area (Å²) < 4.78 is 0. The minimum Gasteiger partial charge on any atom is -0.314 e. The fraction of sp³-hybridized carbons (Fsp3) is 0.714. The van der Waals surface area contributed by atoms with Gasteiger partial charge in [0.2, 0.25) is 0 Å². The fourth-order valence-electron chi connectivity index (χ4n) is 2.08. The third-order valence-electron chi connectivity index (χ3n) is 2.71. The zero-order valence-corrected chi connectivity index (χ0v) is 11.9. The molecule has 0 amide bonds. The molecule has 1 atom stereocenters. The number of hydrogen-bond donors (Lipinski definition) is 1. The lowest BCUT2D eigenvalue weighted by Crippen LogP contribution is -2.33. The molecule has 0 radical (unpaired) electrons. The number of thiophene rings is 1. The largest absolute Gasteiger partial charge is 0.314 e. The molecular weight excluding hydrogens is 214 g/mol. The highest BCUT2D eigenvalue weighted by Crippen LogP contribution is 2.23. The Morgan fingerprint density at radius 3 is 2.62 bits per heavy atom. The third kappa shape index (κ3) is 5.66. The van der Waals surface area contributed by atoms with Crippen LogP contribution < -0.4 is 5.32 Å². The molecule has 1 heterocycles. The van der Waals surface area contributed by atoms with Gasteiger partial charge in [-0.3, -0.25) is 0 Å². The molecule has 0 aliphatic carbocycles. The standard InChI is InChI=1S/C14H25NS/c1-5-15-13(10-14(2,3)4)7-6-12-8-9-16-11-12/h8-9,11,13,15H,5-7,10H2,1-4H3. The predicted octanol–water partition coefficient (Wildman–Crippen LogP) is 4.10. The van der Waals surface area contributed by atoms with Crippen LogP contribution in [0, 0.1) is 5.41 Å². The van der Waals surface area contributed by atoms with E-state index in [4.69, 9.17) is 0 Å². The zero-order chi connectivity index (χ0) is 12.0. The van der Waals surface area contributed by atoms with Crippen molar-refractivity contribution in [3.63, 3.8) is 0 Å². The van der Waals surface area contributed by atoms with Gasteiger partial charge < -0.3 is 5.32 Å². The Labute approximate surface area is 104 Å². The summed E-state index contributed by atoms with van der Waals surface area (Å²) in [6.45, 7) is 10.2. The van der Waals surface area contributed by atoms with Crippen LogP contribution in [0.3, 0.4) is 0 Å². The number of aryl methyl sites for hydroxylation is 1. The lowest BCUT2D eigenvalue weighted by Gasteiger charge is -2.26. The van der Waals surface area contributed by atoms with E-state index in [0.717, 1.165) is 6.54 Å². The second-order valence-corrected chi connectivity index (χ2v) is 6.47. The van der Waals surface area contributed by atoms with Crippen molar-refractivity contribution in [1.82, 2.24) is 5.32 Å². The smallest absolute Gasteiger partial charge is 0.00750 e. The van der Waals surface area contributed by atoms with E-state index in [1.807, 2.05) is 0 Å². The van der Waals surface area contributed by atoms with Gasteiger partial charge in [-0.1, -0.05) is 27.7 Å². The van der Waals surface area contributed by atoms with Gasteiger partial charge in [-0.25, -0.2) is 0 Å². The summed E-state index contributed by atoms with van der Waals surface area (Å²) in [5.74, 6) is 0. The first kappa shape index (κ1) is 13.7. The van der Waals surface area contributed by atoms with Crippen molar-refractivity contribution in [2.45, 2.75) is 53.0 Å². The summed E-state index contributed by atoms with van der Waals surface area (Å²) in [5.41, 5.74) is 1.91. The van der Waals surface area contributed by atoms with Crippen LogP contribution in [0.2, 0.25) is 0 Å². The van der Waals surface area contributed by atoms with Crippen molar-refractivity contribution in [2.24, 2.45) is 5.41 Å². The summed E-state index contributed by atoms with van der Waals surface area (Å²) in [6, 6.07) is 2.90. The number of nitrogens with one attached hydrogen (secondary N) is 1. The van der Waals surface area contributed by atoms with E-state index in [1.165, 1.54) is 24.8 Å². The van der Waals surface area contributed by atoms with E-state index < -0.39 is 0 Å². The second kappa shape index (κ2) is 6.41. The molecule has 0 aromatic carbocycles. The maximum atomic E-state index is 3.60. The Bertz CT molecular complexity index is 271. The SMILES string of the molecule is CCNC(CCc1ccsc1)CC(C)(C)C. The molecule has 1 rings (SSSR count). The topological polar surface area (TPSA) is 12.0 Å². The van der Waals surface area contributed by atoms with E-state index in [-0.39, 0.29) is 0 Å². The predicted molar refractivity (Wildman–Crippen MR) is 74.2 cm³/mol. The minimum absolute atomic E-state index is 0.418. The Kier molecular flexibility index (Phi) is 5.50. The van der Waals surface area contributed by atoms with Gasteiger partial charge >= 0.3 is 0 Å². The average molecular weight is 239 g/mol. The van der Waals surface area contributed by atoms with Gasteiger partial charge in [0.25, 0.3) is 0 Å². The summed E-state index contributed by atoms with van der Waals surface area (Å²) in [5, 5.41) is 8.04. The monoisotopic (exact) mass is 239 g/mol. The third-order valence-corrected chi connectivity index (χ3v) is 3.45. The van der Waals surface area contributed by atoms with Crippen LogP contribution in [-0.4, -0.2) is 12.6 Å². The van der Waals surface area contributed by atoms with Crippen molar-refractivity contribution in [3.8, 4) is 0 Å². The fourth-order valence-corrected chi connectivity index (χ4v) is 2.78. The maximum absolute atomic E-state index is 3.60. The van der Waals surface area contributed by atoms with Crippen LogP contribution in [0.15, 0.2) is 16.8 Å². The molecule has 0 aliphatic rings. The molecule has 1 N–H and O–H groups in total. The van der Waals surface area contributed by atoms with Gasteiger partial charge in [0.05, 0.1) is 0 Å². The molecule has 2 heteroatoms. The van der Waals surface area contributed by atoms with Crippen LogP contribution in [0.25, 0.3) is 0 Å². The molecule has 92 valence electrons. The van der Waals surface area contributed by atoms with E-state index in [9.17, 15) is 0 Å². The van der Waals surface area contributed by atoms with Crippen molar-refractivity contribution in [3.05, 3.63) is 22.4 Å². The first-order chi connectivity index (χ1) is 7.51. The molecule has 1 aromatic rings. The van der Waals surface area contributed by atoms with Crippen LogP contribution in [0.5, 0.6) is 0 Å². The molecule has 0 bridgehead atoms. The molecule has 0 spiro atoms. The first-order valence-electron chi connectivity index (χ1n) is 6.26. The lowest BCUT2D eigenvalue weighted by atomic mass is 9.86.